The third-order valence-corrected chi connectivity index (χ3v) is 4.21. The third-order valence-electron chi connectivity index (χ3n) is 3.71. The van der Waals surface area contributed by atoms with Crippen LogP contribution in [0.5, 0.6) is 0 Å². The molecule has 0 aliphatic rings. The van der Waals surface area contributed by atoms with Crippen molar-refractivity contribution in [2.75, 3.05) is 5.32 Å². The zero-order valence-electron chi connectivity index (χ0n) is 12.0. The molecule has 0 radical (unpaired) electrons. The second-order valence-electron chi connectivity index (χ2n) is 5.21. The number of aromatic amines is 1. The maximum atomic E-state index is 12.2. The molecule has 2 heterocycles. The van der Waals surface area contributed by atoms with E-state index in [0.29, 0.717) is 10.9 Å². The van der Waals surface area contributed by atoms with E-state index in [9.17, 15) is 4.79 Å². The monoisotopic (exact) mass is 365 g/mol. The van der Waals surface area contributed by atoms with Gasteiger partial charge in [-0.1, -0.05) is 34.1 Å². The lowest BCUT2D eigenvalue weighted by Gasteiger charge is -2.11. The van der Waals surface area contributed by atoms with Crippen LogP contribution in [0.25, 0.3) is 21.7 Å². The van der Waals surface area contributed by atoms with E-state index in [1.165, 1.54) is 0 Å². The smallest absolute Gasteiger partial charge is 0.258 e. The van der Waals surface area contributed by atoms with Gasteiger partial charge in [-0.2, -0.15) is 0 Å². The fourth-order valence-corrected chi connectivity index (χ4v) is 3.05. The van der Waals surface area contributed by atoms with E-state index in [1.54, 1.807) is 6.20 Å². The van der Waals surface area contributed by atoms with Crippen molar-refractivity contribution in [3.63, 3.8) is 0 Å². The summed E-state index contributed by atoms with van der Waals surface area (Å²) in [6, 6.07) is 17.5. The molecular formula is C18H12BrN3O. The Morgan fingerprint density at radius 1 is 1.00 bits per heavy atom. The molecule has 0 saturated heterocycles. The molecule has 0 bridgehead atoms. The summed E-state index contributed by atoms with van der Waals surface area (Å²) in [6.07, 6.45) is 1.62. The van der Waals surface area contributed by atoms with Crippen LogP contribution in [-0.2, 0) is 0 Å². The number of benzene rings is 2. The van der Waals surface area contributed by atoms with Crippen molar-refractivity contribution >= 4 is 49.1 Å². The molecule has 2 aromatic carbocycles. The Morgan fingerprint density at radius 2 is 1.83 bits per heavy atom. The molecule has 5 heteroatoms. The topological polar surface area (TPSA) is 57.8 Å². The second-order valence-corrected chi connectivity index (χ2v) is 6.12. The van der Waals surface area contributed by atoms with Crippen LogP contribution in [0.2, 0.25) is 0 Å². The minimum atomic E-state index is -0.135. The van der Waals surface area contributed by atoms with E-state index in [4.69, 9.17) is 0 Å². The number of H-pyrrole nitrogens is 1. The highest BCUT2D eigenvalue weighted by Crippen LogP contribution is 2.31. The van der Waals surface area contributed by atoms with E-state index in [2.05, 4.69) is 31.2 Å². The van der Waals surface area contributed by atoms with E-state index >= 15 is 0 Å². The summed E-state index contributed by atoms with van der Waals surface area (Å²) in [7, 11) is 0. The standard InChI is InChI=1S/C18H12BrN3O/c19-11-6-7-13-14(10-11)16-15(8-9-20-18(16)23)22-17(13)21-12-4-2-1-3-5-12/h1-10H,(H,20,23)(H,21,22). The molecule has 0 unspecified atom stereocenters. The first-order chi connectivity index (χ1) is 11.2. The van der Waals surface area contributed by atoms with Crippen molar-refractivity contribution in [3.05, 3.63) is 75.6 Å². The molecule has 2 aromatic heterocycles. The first-order valence-corrected chi connectivity index (χ1v) is 7.94. The summed E-state index contributed by atoms with van der Waals surface area (Å²) in [4.78, 5) is 19.6. The maximum Gasteiger partial charge on any atom is 0.258 e. The molecule has 0 spiro atoms. The molecule has 23 heavy (non-hydrogen) atoms. The van der Waals surface area contributed by atoms with E-state index in [0.717, 1.165) is 26.8 Å². The number of hydrogen-bond acceptors (Lipinski definition) is 3. The van der Waals surface area contributed by atoms with Crippen LogP contribution in [0.3, 0.4) is 0 Å². The minimum absolute atomic E-state index is 0.135. The van der Waals surface area contributed by atoms with Crippen molar-refractivity contribution in [2.24, 2.45) is 0 Å². The Hall–Kier alpha value is -2.66. The third kappa shape index (κ3) is 2.49. The molecule has 2 N–H and O–H groups in total. The van der Waals surface area contributed by atoms with Gasteiger partial charge in [0, 0.05) is 27.1 Å². The van der Waals surface area contributed by atoms with Gasteiger partial charge in [0.2, 0.25) is 0 Å². The van der Waals surface area contributed by atoms with Gasteiger partial charge in [0.25, 0.3) is 5.56 Å². The average molecular weight is 366 g/mol. The Balaban J connectivity index is 2.05. The van der Waals surface area contributed by atoms with Crippen molar-refractivity contribution in [3.8, 4) is 0 Å². The molecule has 0 aliphatic carbocycles. The first kappa shape index (κ1) is 14.0. The number of rotatable bonds is 2. The van der Waals surface area contributed by atoms with Crippen molar-refractivity contribution in [2.45, 2.75) is 0 Å². The van der Waals surface area contributed by atoms with Crippen LogP contribution < -0.4 is 10.9 Å². The van der Waals surface area contributed by atoms with E-state index in [-0.39, 0.29) is 5.56 Å². The molecule has 0 amide bonds. The van der Waals surface area contributed by atoms with Gasteiger partial charge in [0.1, 0.15) is 5.82 Å². The normalized spacial score (nSPS) is 11.0. The van der Waals surface area contributed by atoms with Gasteiger partial charge < -0.3 is 10.3 Å². The van der Waals surface area contributed by atoms with Gasteiger partial charge in [0.15, 0.2) is 0 Å². The number of hydrogen-bond donors (Lipinski definition) is 2. The SMILES string of the molecule is O=c1[nH]ccc2nc(Nc3ccccc3)c3ccc(Br)cc3c12. The lowest BCUT2D eigenvalue weighted by Crippen LogP contribution is -2.07. The number of fused-ring (bicyclic) bond motifs is 3. The molecule has 0 saturated carbocycles. The summed E-state index contributed by atoms with van der Waals surface area (Å²) in [6.45, 7) is 0. The Kier molecular flexibility index (Phi) is 3.35. The molecule has 4 aromatic rings. The Bertz CT molecular complexity index is 1070. The first-order valence-electron chi connectivity index (χ1n) is 7.15. The van der Waals surface area contributed by atoms with Gasteiger partial charge in [-0.3, -0.25) is 4.79 Å². The summed E-state index contributed by atoms with van der Waals surface area (Å²) >= 11 is 3.48. The number of anilines is 2. The molecule has 4 nitrogen and oxygen atoms in total. The highest BCUT2D eigenvalue weighted by atomic mass is 79.9. The average Bonchev–Trinajstić information content (AvgIpc) is 2.55. The van der Waals surface area contributed by atoms with Crippen LogP contribution >= 0.6 is 15.9 Å². The van der Waals surface area contributed by atoms with Gasteiger partial charge in [-0.05, 0) is 36.4 Å². The highest BCUT2D eigenvalue weighted by Gasteiger charge is 2.11. The Morgan fingerprint density at radius 3 is 2.65 bits per heavy atom. The van der Waals surface area contributed by atoms with Gasteiger partial charge in [0.05, 0.1) is 10.9 Å². The number of aromatic nitrogens is 2. The number of para-hydroxylation sites is 1. The number of pyridine rings is 2. The van der Waals surface area contributed by atoms with Crippen molar-refractivity contribution in [1.82, 2.24) is 9.97 Å². The fraction of sp³-hybridized carbons (Fsp3) is 0. The van der Waals surface area contributed by atoms with E-state index in [1.807, 2.05) is 54.6 Å². The number of halogens is 1. The molecule has 4 rings (SSSR count). The number of nitrogens with zero attached hydrogens (tertiary/aromatic N) is 1. The molecule has 0 fully saturated rings. The molecule has 0 aliphatic heterocycles. The van der Waals surface area contributed by atoms with Crippen LogP contribution in [0, 0.1) is 0 Å². The lowest BCUT2D eigenvalue weighted by atomic mass is 10.1. The van der Waals surface area contributed by atoms with Crippen LogP contribution in [0.1, 0.15) is 0 Å². The quantitative estimate of drug-likeness (QED) is 0.511. The molecular weight excluding hydrogens is 354 g/mol. The summed E-state index contributed by atoms with van der Waals surface area (Å²) < 4.78 is 0.923. The second kappa shape index (κ2) is 5.52. The van der Waals surface area contributed by atoms with Crippen LogP contribution in [0.4, 0.5) is 11.5 Å². The highest BCUT2D eigenvalue weighted by molar-refractivity contribution is 9.10. The molecule has 0 atom stereocenters. The predicted molar refractivity (Wildman–Crippen MR) is 97.3 cm³/mol. The summed E-state index contributed by atoms with van der Waals surface area (Å²) in [5.41, 5.74) is 1.48. The maximum absolute atomic E-state index is 12.2. The zero-order valence-corrected chi connectivity index (χ0v) is 13.6. The molecule has 112 valence electrons. The van der Waals surface area contributed by atoms with Gasteiger partial charge in [-0.25, -0.2) is 4.98 Å². The van der Waals surface area contributed by atoms with Gasteiger partial charge >= 0.3 is 0 Å². The van der Waals surface area contributed by atoms with E-state index < -0.39 is 0 Å². The van der Waals surface area contributed by atoms with Crippen molar-refractivity contribution in [1.29, 1.82) is 0 Å². The largest absolute Gasteiger partial charge is 0.340 e. The number of nitrogens with one attached hydrogen (secondary N) is 2. The summed E-state index contributed by atoms with van der Waals surface area (Å²) in [5.74, 6) is 0.733. The Labute approximate surface area is 140 Å². The summed E-state index contributed by atoms with van der Waals surface area (Å²) in [5, 5.41) is 5.71. The van der Waals surface area contributed by atoms with Crippen molar-refractivity contribution < 1.29 is 0 Å². The van der Waals surface area contributed by atoms with Crippen LogP contribution in [0.15, 0.2) is 70.1 Å². The lowest BCUT2D eigenvalue weighted by molar-refractivity contribution is 1.26. The predicted octanol–water partition coefficient (Wildman–Crippen LogP) is 4.58. The van der Waals surface area contributed by atoms with Crippen LogP contribution in [-0.4, -0.2) is 9.97 Å². The van der Waals surface area contributed by atoms with Gasteiger partial charge in [-0.15, -0.1) is 0 Å². The minimum Gasteiger partial charge on any atom is -0.340 e. The fourth-order valence-electron chi connectivity index (χ4n) is 2.69. The zero-order chi connectivity index (χ0) is 15.8.